The molecule has 0 saturated carbocycles. The number of nitrogens with one attached hydrogen (secondary N) is 1. The molecule has 0 spiro atoms. The Kier molecular flexibility index (Phi) is 13.9. The Labute approximate surface area is 253 Å². The van der Waals surface area contributed by atoms with Gasteiger partial charge in [-0.3, -0.25) is 9.13 Å². The van der Waals surface area contributed by atoms with Crippen LogP contribution in [0.3, 0.4) is 0 Å². The van der Waals surface area contributed by atoms with Crippen LogP contribution >= 0.6 is 22.8 Å². The van der Waals surface area contributed by atoms with Gasteiger partial charge in [0.15, 0.2) is 12.9 Å². The van der Waals surface area contributed by atoms with Gasteiger partial charge in [0.2, 0.25) is 0 Å². The Bertz CT molecular complexity index is 1290. The Morgan fingerprint density at radius 1 is 1.05 bits per heavy atom. The third-order valence-electron chi connectivity index (χ3n) is 6.51. The molecule has 2 N–H and O–H groups in total. The molecular formula is C26H39N4O8P3S. The molecule has 5 atom stereocenters. The SMILES string of the molecule is COC1C=CC(CNN(C)[PH](=S)Oc2ccc(/C=N/N(C)[PH](=O)Oc3ccc(C(O)P(=O)(OC)OC)cc3)cc2)CC1. The summed E-state index contributed by atoms with van der Waals surface area (Å²) in [5.41, 5.74) is 4.43. The van der Waals surface area contributed by atoms with Crippen molar-refractivity contribution in [3.05, 3.63) is 71.8 Å². The van der Waals surface area contributed by atoms with Gasteiger partial charge in [0.1, 0.15) is 11.5 Å². The molecule has 1 aliphatic rings. The van der Waals surface area contributed by atoms with Crippen LogP contribution in [0.5, 0.6) is 11.5 Å². The zero-order chi connectivity index (χ0) is 30.7. The second-order valence-corrected chi connectivity index (χ2v) is 15.5. The number of hydrazine groups is 1. The molecule has 0 radical (unpaired) electrons. The average Bonchev–Trinajstić information content (AvgIpc) is 3.02. The Morgan fingerprint density at radius 2 is 1.67 bits per heavy atom. The van der Waals surface area contributed by atoms with Crippen LogP contribution in [-0.4, -0.2) is 69.0 Å². The predicted octanol–water partition coefficient (Wildman–Crippen LogP) is 5.20. The third-order valence-corrected chi connectivity index (χ3v) is 11.7. The third kappa shape index (κ3) is 10.1. The highest BCUT2D eigenvalue weighted by molar-refractivity contribution is 8.01. The number of methoxy groups -OCH3 is 1. The monoisotopic (exact) mass is 660 g/mol. The number of hydrogen-bond donors (Lipinski definition) is 2. The molecule has 2 aromatic rings. The van der Waals surface area contributed by atoms with Crippen molar-refractivity contribution in [1.29, 1.82) is 0 Å². The van der Waals surface area contributed by atoms with Crippen molar-refractivity contribution in [1.82, 2.24) is 15.0 Å². The molecule has 12 nitrogen and oxygen atoms in total. The first-order valence-corrected chi connectivity index (χ1v) is 18.4. The van der Waals surface area contributed by atoms with E-state index in [0.29, 0.717) is 23.0 Å². The summed E-state index contributed by atoms with van der Waals surface area (Å²) in [6.07, 6.45) is 8.13. The number of aliphatic hydroxyl groups excluding tert-OH is 1. The average molecular weight is 661 g/mol. The van der Waals surface area contributed by atoms with Gasteiger partial charge in [-0.25, -0.2) is 10.2 Å². The summed E-state index contributed by atoms with van der Waals surface area (Å²) in [5, 5.41) is 14.5. The van der Waals surface area contributed by atoms with Gasteiger partial charge in [0.25, 0.3) is 0 Å². The van der Waals surface area contributed by atoms with Crippen LogP contribution in [-0.2, 0) is 34.7 Å². The lowest BCUT2D eigenvalue weighted by Gasteiger charge is -2.26. The Morgan fingerprint density at radius 3 is 2.24 bits per heavy atom. The molecule has 1 aliphatic carbocycles. The highest BCUT2D eigenvalue weighted by Gasteiger charge is 2.33. The minimum absolute atomic E-state index is 0.207. The van der Waals surface area contributed by atoms with Gasteiger partial charge in [-0.2, -0.15) is 9.88 Å². The molecule has 0 saturated heterocycles. The molecule has 0 amide bonds. The molecule has 2 aromatic carbocycles. The van der Waals surface area contributed by atoms with Crippen molar-refractivity contribution in [2.45, 2.75) is 24.8 Å². The summed E-state index contributed by atoms with van der Waals surface area (Å²) in [7, 11) is -0.615. The lowest BCUT2D eigenvalue weighted by Crippen LogP contribution is -2.34. The zero-order valence-corrected chi connectivity index (χ0v) is 27.9. The first kappa shape index (κ1) is 34.6. The molecule has 42 heavy (non-hydrogen) atoms. The summed E-state index contributed by atoms with van der Waals surface area (Å²) < 4.78 is 54.5. The highest BCUT2D eigenvalue weighted by atomic mass is 32.4. The minimum Gasteiger partial charge on any atom is -0.454 e. The Hall–Kier alpha value is -1.88. The van der Waals surface area contributed by atoms with Crippen LogP contribution in [0, 0.1) is 5.92 Å². The van der Waals surface area contributed by atoms with E-state index in [1.165, 1.54) is 50.3 Å². The number of rotatable bonds is 16. The highest BCUT2D eigenvalue weighted by Crippen LogP contribution is 2.58. The number of benzene rings is 2. The quantitative estimate of drug-likeness (QED) is 0.106. The lowest BCUT2D eigenvalue weighted by molar-refractivity contribution is 0.121. The largest absolute Gasteiger partial charge is 0.454 e. The molecule has 0 aromatic heterocycles. The van der Waals surface area contributed by atoms with Crippen molar-refractivity contribution in [2.75, 3.05) is 42.0 Å². The fourth-order valence-electron chi connectivity index (χ4n) is 3.86. The molecule has 232 valence electrons. The number of hydrogen-bond acceptors (Lipinski definition) is 11. The van der Waals surface area contributed by atoms with Gasteiger partial charge in [0, 0.05) is 42.0 Å². The normalized spacial score (nSPS) is 19.5. The maximum absolute atomic E-state index is 12.6. The molecule has 0 fully saturated rings. The smallest absolute Gasteiger partial charge is 0.362 e. The summed E-state index contributed by atoms with van der Waals surface area (Å²) >= 11 is 5.58. The molecule has 0 bridgehead atoms. The molecule has 16 heteroatoms. The first-order chi connectivity index (χ1) is 20.1. The fraction of sp³-hybridized carbons (Fsp3) is 0.423. The van der Waals surface area contributed by atoms with Gasteiger partial charge in [-0.1, -0.05) is 24.3 Å². The Balaban J connectivity index is 1.46. The topological polar surface area (TPSA) is 131 Å². The molecule has 0 heterocycles. The van der Waals surface area contributed by atoms with Crippen molar-refractivity contribution < 1.29 is 37.1 Å². The van der Waals surface area contributed by atoms with Crippen LogP contribution in [0.15, 0.2) is 65.8 Å². The molecule has 0 aliphatic heterocycles. The summed E-state index contributed by atoms with van der Waals surface area (Å²) in [6, 6.07) is 13.2. The first-order valence-electron chi connectivity index (χ1n) is 13.1. The predicted molar refractivity (Wildman–Crippen MR) is 169 cm³/mol. The number of ether oxygens (including phenoxy) is 1. The van der Waals surface area contributed by atoms with E-state index < -0.39 is 28.7 Å². The van der Waals surface area contributed by atoms with Crippen LogP contribution in [0.4, 0.5) is 0 Å². The molecule has 5 unspecified atom stereocenters. The summed E-state index contributed by atoms with van der Waals surface area (Å²) in [5.74, 6) is -0.0940. The van der Waals surface area contributed by atoms with E-state index in [9.17, 15) is 14.2 Å². The summed E-state index contributed by atoms with van der Waals surface area (Å²) in [4.78, 5) is 0. The van der Waals surface area contributed by atoms with E-state index in [2.05, 4.69) is 22.7 Å². The maximum Gasteiger partial charge on any atom is 0.362 e. The van der Waals surface area contributed by atoms with E-state index in [1.807, 2.05) is 36.1 Å². The second kappa shape index (κ2) is 16.8. The van der Waals surface area contributed by atoms with Gasteiger partial charge >= 0.3 is 15.8 Å². The minimum atomic E-state index is -3.71. The van der Waals surface area contributed by atoms with E-state index in [0.717, 1.165) is 24.9 Å². The number of aliphatic hydroxyl groups is 1. The molecular weight excluding hydrogens is 621 g/mol. The summed E-state index contributed by atoms with van der Waals surface area (Å²) in [6.45, 7) is 0.785. The van der Waals surface area contributed by atoms with E-state index in [1.54, 1.807) is 13.3 Å². The van der Waals surface area contributed by atoms with Gasteiger partial charge in [-0.15, -0.1) is 0 Å². The molecule has 3 rings (SSSR count). The fourth-order valence-corrected chi connectivity index (χ4v) is 6.75. The number of nitrogens with zero attached hydrogens (tertiary/aromatic N) is 3. The van der Waals surface area contributed by atoms with Crippen molar-refractivity contribution in [3.63, 3.8) is 0 Å². The number of hydrazone groups is 1. The van der Waals surface area contributed by atoms with Crippen LogP contribution in [0.25, 0.3) is 0 Å². The van der Waals surface area contributed by atoms with Crippen molar-refractivity contribution >= 4 is 40.9 Å². The van der Waals surface area contributed by atoms with Gasteiger partial charge < -0.3 is 27.9 Å². The van der Waals surface area contributed by atoms with Crippen LogP contribution in [0.2, 0.25) is 0 Å². The van der Waals surface area contributed by atoms with Crippen LogP contribution < -0.4 is 14.5 Å². The zero-order valence-electron chi connectivity index (χ0n) is 24.2. The lowest BCUT2D eigenvalue weighted by atomic mass is 9.94. The van der Waals surface area contributed by atoms with Gasteiger partial charge in [0.05, 0.1) is 12.3 Å². The van der Waals surface area contributed by atoms with Crippen molar-refractivity contribution in [3.8, 4) is 11.5 Å². The standard InChI is InChI=1S/C26H39N4O8P3S/c1-29(39(32)37-24-16-10-22(11-17-24)26(31)41(33,35-4)36-5)27-18-21-8-14-25(15-9-21)38-40(42)30(2)28-19-20-6-12-23(34-3)13-7-20/h6,8-12,14-18,20,23,26,28,31,39-40H,7,13,19H2,1-5H3/b27-18+. The van der Waals surface area contributed by atoms with Crippen molar-refractivity contribution in [2.24, 2.45) is 11.0 Å². The maximum atomic E-state index is 12.6. The van der Waals surface area contributed by atoms with E-state index >= 15 is 0 Å². The van der Waals surface area contributed by atoms with E-state index in [-0.39, 0.29) is 6.10 Å². The van der Waals surface area contributed by atoms with E-state index in [4.69, 9.17) is 34.6 Å². The van der Waals surface area contributed by atoms with Gasteiger partial charge in [-0.05, 0) is 78.1 Å². The van der Waals surface area contributed by atoms with Crippen LogP contribution in [0.1, 0.15) is 29.8 Å². The second-order valence-electron chi connectivity index (χ2n) is 9.34.